The zero-order valence-electron chi connectivity index (χ0n) is 15.4. The molecule has 3 aromatic carbocycles. The van der Waals surface area contributed by atoms with E-state index in [0.29, 0.717) is 0 Å². The third-order valence-electron chi connectivity index (χ3n) is 6.31. The topological polar surface area (TPSA) is 0 Å². The van der Waals surface area contributed by atoms with Crippen molar-refractivity contribution in [2.24, 2.45) is 0 Å². The molecule has 0 nitrogen and oxygen atoms in total. The van der Waals surface area contributed by atoms with Crippen LogP contribution in [0.15, 0.2) is 60.7 Å². The minimum absolute atomic E-state index is 1.15. The number of aryl methyl sites for hydroxylation is 4. The second-order valence-electron chi connectivity index (χ2n) is 7.88. The molecule has 0 spiro atoms. The van der Waals surface area contributed by atoms with Crippen LogP contribution in [-0.2, 0) is 38.5 Å². The normalized spacial score (nSPS) is 15.1. The van der Waals surface area contributed by atoms with Gasteiger partial charge >= 0.3 is 0 Å². The van der Waals surface area contributed by atoms with Crippen LogP contribution in [0.5, 0.6) is 0 Å². The Morgan fingerprint density at radius 1 is 0.615 bits per heavy atom. The number of benzene rings is 3. The largest absolute Gasteiger partial charge is 0.0622 e. The van der Waals surface area contributed by atoms with Gasteiger partial charge in [-0.2, -0.15) is 0 Å². The van der Waals surface area contributed by atoms with E-state index in [1.54, 1.807) is 33.4 Å². The third kappa shape index (κ3) is 2.78. The van der Waals surface area contributed by atoms with Gasteiger partial charge in [0.1, 0.15) is 0 Å². The van der Waals surface area contributed by atoms with Crippen molar-refractivity contribution in [3.05, 3.63) is 94.0 Å². The Morgan fingerprint density at radius 2 is 1.42 bits per heavy atom. The van der Waals surface area contributed by atoms with E-state index < -0.39 is 0 Å². The van der Waals surface area contributed by atoms with Gasteiger partial charge < -0.3 is 0 Å². The molecule has 0 aliphatic heterocycles. The van der Waals surface area contributed by atoms with Crippen molar-refractivity contribution in [2.75, 3.05) is 0 Å². The lowest BCUT2D eigenvalue weighted by Crippen LogP contribution is -2.15. The molecule has 0 radical (unpaired) electrons. The van der Waals surface area contributed by atoms with Gasteiger partial charge in [-0.1, -0.05) is 60.7 Å². The van der Waals surface area contributed by atoms with Crippen LogP contribution in [0.1, 0.15) is 46.2 Å². The van der Waals surface area contributed by atoms with Crippen molar-refractivity contribution in [2.45, 2.75) is 51.4 Å². The SMILES string of the molecule is c1ccc(CCc2cc3c(c4c2CCc2ccccc2-4)CCCC3)cc1. The van der Waals surface area contributed by atoms with Crippen molar-refractivity contribution < 1.29 is 0 Å². The van der Waals surface area contributed by atoms with Gasteiger partial charge in [0.05, 0.1) is 0 Å². The minimum atomic E-state index is 1.15. The summed E-state index contributed by atoms with van der Waals surface area (Å²) in [6.45, 7) is 0. The Kier molecular flexibility index (Phi) is 4.13. The van der Waals surface area contributed by atoms with Crippen LogP contribution >= 0.6 is 0 Å². The van der Waals surface area contributed by atoms with E-state index in [2.05, 4.69) is 60.7 Å². The molecule has 0 atom stereocenters. The van der Waals surface area contributed by atoms with Crippen LogP contribution in [0.4, 0.5) is 0 Å². The van der Waals surface area contributed by atoms with Crippen molar-refractivity contribution in [1.82, 2.24) is 0 Å². The molecule has 0 N–H and O–H groups in total. The van der Waals surface area contributed by atoms with Crippen LogP contribution in [0.3, 0.4) is 0 Å². The third-order valence-corrected chi connectivity index (χ3v) is 6.31. The van der Waals surface area contributed by atoms with E-state index in [9.17, 15) is 0 Å². The lowest BCUT2D eigenvalue weighted by Gasteiger charge is -2.29. The molecule has 0 fully saturated rings. The highest BCUT2D eigenvalue weighted by Crippen LogP contribution is 2.42. The number of fused-ring (bicyclic) bond motifs is 5. The summed E-state index contributed by atoms with van der Waals surface area (Å²) in [5.74, 6) is 0. The minimum Gasteiger partial charge on any atom is -0.0622 e. The van der Waals surface area contributed by atoms with Gasteiger partial charge in [-0.25, -0.2) is 0 Å². The molecule has 0 unspecified atom stereocenters. The average Bonchev–Trinajstić information content (AvgIpc) is 2.72. The molecule has 0 heterocycles. The molecule has 2 aliphatic rings. The summed E-state index contributed by atoms with van der Waals surface area (Å²) in [5, 5.41) is 0. The first-order valence-electron chi connectivity index (χ1n) is 10.2. The molecule has 0 saturated heterocycles. The fourth-order valence-corrected chi connectivity index (χ4v) is 5.01. The predicted octanol–water partition coefficient (Wildman–Crippen LogP) is 6.12. The van der Waals surface area contributed by atoms with Crippen LogP contribution < -0.4 is 0 Å². The molecule has 0 bridgehead atoms. The van der Waals surface area contributed by atoms with Crippen LogP contribution in [-0.4, -0.2) is 0 Å². The summed E-state index contributed by atoms with van der Waals surface area (Å²) >= 11 is 0. The van der Waals surface area contributed by atoms with Gasteiger partial charge in [0, 0.05) is 0 Å². The van der Waals surface area contributed by atoms with E-state index in [-0.39, 0.29) is 0 Å². The lowest BCUT2D eigenvalue weighted by atomic mass is 9.75. The molecule has 130 valence electrons. The second kappa shape index (κ2) is 6.76. The smallest absolute Gasteiger partial charge is 0.0111 e. The molecule has 0 amide bonds. The van der Waals surface area contributed by atoms with Crippen molar-refractivity contribution in [1.29, 1.82) is 0 Å². The summed E-state index contributed by atoms with van der Waals surface area (Å²) in [7, 11) is 0. The summed E-state index contributed by atoms with van der Waals surface area (Å²) in [5.41, 5.74) is 12.7. The summed E-state index contributed by atoms with van der Waals surface area (Å²) in [4.78, 5) is 0. The molecule has 0 aromatic heterocycles. The Labute approximate surface area is 156 Å². The highest BCUT2D eigenvalue weighted by molar-refractivity contribution is 5.78. The number of hydrogen-bond donors (Lipinski definition) is 0. The van der Waals surface area contributed by atoms with Gasteiger partial charge in [-0.15, -0.1) is 0 Å². The highest BCUT2D eigenvalue weighted by Gasteiger charge is 2.25. The van der Waals surface area contributed by atoms with Gasteiger partial charge in [-0.05, 0) is 95.9 Å². The van der Waals surface area contributed by atoms with Crippen LogP contribution in [0, 0.1) is 0 Å². The molecular formula is C26H26. The summed E-state index contributed by atoms with van der Waals surface area (Å²) in [6, 6.07) is 22.7. The highest BCUT2D eigenvalue weighted by atomic mass is 14.3. The maximum atomic E-state index is 2.57. The fraction of sp³-hybridized carbons (Fsp3) is 0.308. The van der Waals surface area contributed by atoms with E-state index in [1.165, 1.54) is 56.1 Å². The Bertz CT molecular complexity index is 934. The van der Waals surface area contributed by atoms with Crippen molar-refractivity contribution in [3.8, 4) is 11.1 Å². The summed E-state index contributed by atoms with van der Waals surface area (Å²) < 4.78 is 0. The number of rotatable bonds is 3. The molecule has 2 aliphatic carbocycles. The first-order valence-corrected chi connectivity index (χ1v) is 10.2. The second-order valence-corrected chi connectivity index (χ2v) is 7.88. The zero-order valence-corrected chi connectivity index (χ0v) is 15.4. The van der Waals surface area contributed by atoms with E-state index >= 15 is 0 Å². The van der Waals surface area contributed by atoms with Gasteiger partial charge in [0.2, 0.25) is 0 Å². The molecule has 0 heteroatoms. The molecule has 0 saturated carbocycles. The molecule has 5 rings (SSSR count). The van der Waals surface area contributed by atoms with Crippen LogP contribution in [0.2, 0.25) is 0 Å². The van der Waals surface area contributed by atoms with Crippen LogP contribution in [0.25, 0.3) is 11.1 Å². The Balaban J connectivity index is 1.61. The van der Waals surface area contributed by atoms with Crippen molar-refractivity contribution >= 4 is 0 Å². The van der Waals surface area contributed by atoms with Gasteiger partial charge in [-0.3, -0.25) is 0 Å². The van der Waals surface area contributed by atoms with Gasteiger partial charge in [0.25, 0.3) is 0 Å². The monoisotopic (exact) mass is 338 g/mol. The Morgan fingerprint density at radius 3 is 2.35 bits per heavy atom. The first kappa shape index (κ1) is 15.9. The lowest BCUT2D eigenvalue weighted by molar-refractivity contribution is 0.682. The van der Waals surface area contributed by atoms with Crippen molar-refractivity contribution in [3.63, 3.8) is 0 Å². The fourth-order valence-electron chi connectivity index (χ4n) is 5.01. The predicted molar refractivity (Wildman–Crippen MR) is 110 cm³/mol. The maximum Gasteiger partial charge on any atom is -0.0111 e. The Hall–Kier alpha value is -2.34. The standard InChI is InChI=1S/C26H26/c1-2-8-19(9-3-1)14-15-22-18-21-11-5-7-13-24(21)26-23-12-6-4-10-20(23)16-17-25(22)26/h1-4,6,8-10,12,18H,5,7,11,13-17H2. The van der Waals surface area contributed by atoms with E-state index in [0.717, 1.165) is 6.42 Å². The average molecular weight is 338 g/mol. The quantitative estimate of drug-likeness (QED) is 0.540. The maximum absolute atomic E-state index is 2.57. The zero-order chi connectivity index (χ0) is 17.3. The van der Waals surface area contributed by atoms with Gasteiger partial charge in [0.15, 0.2) is 0 Å². The molecular weight excluding hydrogens is 312 g/mol. The molecule has 3 aromatic rings. The summed E-state index contributed by atoms with van der Waals surface area (Å²) in [6.07, 6.45) is 9.96. The first-order chi connectivity index (χ1) is 12.9. The number of hydrogen-bond acceptors (Lipinski definition) is 0. The molecule has 26 heavy (non-hydrogen) atoms. The van der Waals surface area contributed by atoms with E-state index in [4.69, 9.17) is 0 Å². The van der Waals surface area contributed by atoms with E-state index in [1.807, 2.05) is 0 Å².